The highest BCUT2D eigenvalue weighted by atomic mass is 19.4. The Morgan fingerprint density at radius 2 is 1.86 bits per heavy atom. The molecule has 1 aromatic carbocycles. The van der Waals surface area contributed by atoms with Crippen molar-refractivity contribution < 1.29 is 22.8 Å². The van der Waals surface area contributed by atoms with Gasteiger partial charge in [-0.05, 0) is 29.8 Å². The lowest BCUT2D eigenvalue weighted by atomic mass is 9.95. The van der Waals surface area contributed by atoms with Gasteiger partial charge >= 0.3 is 12.2 Å². The molecule has 1 atom stereocenters. The van der Waals surface area contributed by atoms with E-state index in [0.29, 0.717) is 22.5 Å². The Morgan fingerprint density at radius 3 is 2.48 bits per heavy atom. The molecule has 0 aliphatic carbocycles. The van der Waals surface area contributed by atoms with Gasteiger partial charge in [0.2, 0.25) is 0 Å². The van der Waals surface area contributed by atoms with Crippen molar-refractivity contribution in [3.8, 4) is 0 Å². The Hall–Kier alpha value is -3.36. The van der Waals surface area contributed by atoms with Crippen LogP contribution in [0.3, 0.4) is 0 Å². The van der Waals surface area contributed by atoms with Crippen molar-refractivity contribution in [2.45, 2.75) is 18.8 Å². The SMILES string of the molecule is CN1C(=O)N[C@@H](c2ccc(C(F)(F)F)cc2)C2=C1CN(Cc1ccccn1)C2=O. The smallest absolute Gasteiger partial charge is 0.327 e. The number of pyridine rings is 1. The molecule has 0 unspecified atom stereocenters. The maximum atomic E-state index is 13.1. The molecule has 0 saturated carbocycles. The van der Waals surface area contributed by atoms with Crippen molar-refractivity contribution in [1.29, 1.82) is 0 Å². The number of nitrogens with one attached hydrogen (secondary N) is 1. The summed E-state index contributed by atoms with van der Waals surface area (Å²) in [4.78, 5) is 32.6. The number of likely N-dealkylation sites (N-methyl/N-ethyl adjacent to an activating group) is 1. The van der Waals surface area contributed by atoms with Crippen LogP contribution >= 0.6 is 0 Å². The van der Waals surface area contributed by atoms with Gasteiger partial charge in [-0.3, -0.25) is 14.7 Å². The van der Waals surface area contributed by atoms with E-state index in [4.69, 9.17) is 0 Å². The Balaban J connectivity index is 1.65. The lowest BCUT2D eigenvalue weighted by molar-refractivity contribution is -0.137. The third kappa shape index (κ3) is 3.43. The van der Waals surface area contributed by atoms with Crippen LogP contribution in [0.1, 0.15) is 22.9 Å². The maximum absolute atomic E-state index is 13.1. The topological polar surface area (TPSA) is 65.5 Å². The van der Waals surface area contributed by atoms with Gasteiger partial charge in [0.05, 0.1) is 41.7 Å². The van der Waals surface area contributed by atoms with E-state index < -0.39 is 23.8 Å². The predicted octanol–water partition coefficient (Wildman–Crippen LogP) is 3.09. The maximum Gasteiger partial charge on any atom is 0.416 e. The first-order valence-corrected chi connectivity index (χ1v) is 8.89. The summed E-state index contributed by atoms with van der Waals surface area (Å²) in [5, 5.41) is 2.71. The molecule has 2 aliphatic rings. The second kappa shape index (κ2) is 6.91. The minimum absolute atomic E-state index is 0.228. The zero-order chi connectivity index (χ0) is 20.8. The largest absolute Gasteiger partial charge is 0.416 e. The van der Waals surface area contributed by atoms with Crippen molar-refractivity contribution in [1.82, 2.24) is 20.1 Å². The summed E-state index contributed by atoms with van der Waals surface area (Å²) in [6.45, 7) is 0.500. The predicted molar refractivity (Wildman–Crippen MR) is 97.2 cm³/mol. The summed E-state index contributed by atoms with van der Waals surface area (Å²) in [6, 6.07) is 8.64. The molecule has 2 aromatic rings. The Bertz CT molecular complexity index is 987. The fourth-order valence-electron chi connectivity index (χ4n) is 3.55. The third-order valence-corrected chi connectivity index (χ3v) is 5.09. The molecule has 0 saturated heterocycles. The lowest BCUT2D eigenvalue weighted by Crippen LogP contribution is -2.45. The highest BCUT2D eigenvalue weighted by Crippen LogP contribution is 2.37. The summed E-state index contributed by atoms with van der Waals surface area (Å²) in [7, 11) is 1.56. The van der Waals surface area contributed by atoms with Crippen LogP contribution in [0.25, 0.3) is 0 Å². The van der Waals surface area contributed by atoms with E-state index in [-0.39, 0.29) is 19.0 Å². The van der Waals surface area contributed by atoms with Crippen molar-refractivity contribution >= 4 is 11.9 Å². The zero-order valence-electron chi connectivity index (χ0n) is 15.4. The highest BCUT2D eigenvalue weighted by Gasteiger charge is 2.43. The van der Waals surface area contributed by atoms with E-state index in [9.17, 15) is 22.8 Å². The summed E-state index contributed by atoms with van der Waals surface area (Å²) in [5.74, 6) is -0.276. The first-order valence-electron chi connectivity index (χ1n) is 8.89. The van der Waals surface area contributed by atoms with Crippen LogP contribution < -0.4 is 5.32 Å². The number of urea groups is 1. The van der Waals surface area contributed by atoms with Crippen LogP contribution in [0.15, 0.2) is 59.9 Å². The minimum atomic E-state index is -4.46. The zero-order valence-corrected chi connectivity index (χ0v) is 15.4. The molecule has 4 rings (SSSR count). The van der Waals surface area contributed by atoms with Crippen molar-refractivity contribution in [3.63, 3.8) is 0 Å². The summed E-state index contributed by atoms with van der Waals surface area (Å²) >= 11 is 0. The fourth-order valence-corrected chi connectivity index (χ4v) is 3.55. The van der Waals surface area contributed by atoms with E-state index in [1.165, 1.54) is 17.0 Å². The Morgan fingerprint density at radius 1 is 1.14 bits per heavy atom. The molecule has 0 spiro atoms. The lowest BCUT2D eigenvalue weighted by Gasteiger charge is -2.31. The van der Waals surface area contributed by atoms with Crippen molar-refractivity contribution in [2.75, 3.05) is 13.6 Å². The van der Waals surface area contributed by atoms with Crippen LogP contribution in [0.2, 0.25) is 0 Å². The van der Waals surface area contributed by atoms with Gasteiger partial charge in [-0.25, -0.2) is 4.79 Å². The number of aromatic nitrogens is 1. The van der Waals surface area contributed by atoms with Gasteiger partial charge < -0.3 is 10.2 Å². The standard InChI is InChI=1S/C20H17F3N4O2/c1-26-15-11-27(10-14-4-2-3-9-24-14)18(28)16(15)17(25-19(26)29)12-5-7-13(8-6-12)20(21,22)23/h2-9,17H,10-11H2,1H3,(H,25,29)/t17-/m0/s1. The second-order valence-corrected chi connectivity index (χ2v) is 6.90. The van der Waals surface area contributed by atoms with Crippen LogP contribution in [-0.2, 0) is 17.5 Å². The van der Waals surface area contributed by atoms with Crippen molar-refractivity contribution in [2.24, 2.45) is 0 Å². The van der Waals surface area contributed by atoms with Crippen LogP contribution in [-0.4, -0.2) is 40.3 Å². The van der Waals surface area contributed by atoms with Gasteiger partial charge in [-0.15, -0.1) is 0 Å². The summed E-state index contributed by atoms with van der Waals surface area (Å²) in [5.41, 5.74) is 1.24. The quantitative estimate of drug-likeness (QED) is 0.858. The number of carbonyl (C=O) groups excluding carboxylic acids is 2. The molecule has 29 heavy (non-hydrogen) atoms. The first-order chi connectivity index (χ1) is 13.8. The number of benzene rings is 1. The normalized spacial score (nSPS) is 19.5. The van der Waals surface area contributed by atoms with E-state index in [1.807, 2.05) is 6.07 Å². The number of amides is 3. The number of carbonyl (C=O) groups is 2. The molecular weight excluding hydrogens is 385 g/mol. The number of nitrogens with zero attached hydrogens (tertiary/aromatic N) is 3. The molecule has 0 bridgehead atoms. The minimum Gasteiger partial charge on any atom is -0.327 e. The van der Waals surface area contributed by atoms with Gasteiger partial charge in [0.15, 0.2) is 0 Å². The highest BCUT2D eigenvalue weighted by molar-refractivity contribution is 6.01. The van der Waals surface area contributed by atoms with E-state index in [1.54, 1.807) is 30.3 Å². The molecule has 6 nitrogen and oxygen atoms in total. The molecule has 0 radical (unpaired) electrons. The van der Waals surface area contributed by atoms with Crippen LogP contribution in [0.5, 0.6) is 0 Å². The Labute approximate surface area is 164 Å². The molecule has 3 amide bonds. The molecule has 0 fully saturated rings. The number of alkyl halides is 3. The first kappa shape index (κ1) is 19.0. The van der Waals surface area contributed by atoms with Crippen LogP contribution in [0.4, 0.5) is 18.0 Å². The second-order valence-electron chi connectivity index (χ2n) is 6.90. The monoisotopic (exact) mass is 402 g/mol. The van der Waals surface area contributed by atoms with E-state index in [0.717, 1.165) is 12.1 Å². The van der Waals surface area contributed by atoms with Crippen LogP contribution in [0, 0.1) is 0 Å². The van der Waals surface area contributed by atoms with Gasteiger partial charge in [0, 0.05) is 13.2 Å². The fraction of sp³-hybridized carbons (Fsp3) is 0.250. The molecule has 1 aromatic heterocycles. The Kier molecular flexibility index (Phi) is 4.52. The van der Waals surface area contributed by atoms with Gasteiger partial charge in [0.1, 0.15) is 0 Å². The van der Waals surface area contributed by atoms with Gasteiger partial charge in [0.25, 0.3) is 5.91 Å². The van der Waals surface area contributed by atoms with Gasteiger partial charge in [-0.1, -0.05) is 18.2 Å². The summed E-state index contributed by atoms with van der Waals surface area (Å²) in [6.07, 6.45) is -2.83. The summed E-state index contributed by atoms with van der Waals surface area (Å²) < 4.78 is 38.6. The number of halogens is 3. The number of hydrogen-bond acceptors (Lipinski definition) is 3. The molecule has 9 heteroatoms. The average molecular weight is 402 g/mol. The van der Waals surface area contributed by atoms with E-state index >= 15 is 0 Å². The molecule has 2 aliphatic heterocycles. The van der Waals surface area contributed by atoms with E-state index in [2.05, 4.69) is 10.3 Å². The molecule has 150 valence electrons. The number of hydrogen-bond donors (Lipinski definition) is 1. The third-order valence-electron chi connectivity index (χ3n) is 5.09. The van der Waals surface area contributed by atoms with Gasteiger partial charge in [-0.2, -0.15) is 13.2 Å². The molecule has 3 heterocycles. The molecular formula is C20H17F3N4O2. The van der Waals surface area contributed by atoms with Crippen molar-refractivity contribution in [3.05, 3.63) is 76.8 Å². The average Bonchev–Trinajstić information content (AvgIpc) is 3.02. The number of rotatable bonds is 3. The molecule has 1 N–H and O–H groups in total.